The summed E-state index contributed by atoms with van der Waals surface area (Å²) in [5, 5.41) is 7.99. The second-order valence-corrected chi connectivity index (χ2v) is 11.9. The van der Waals surface area contributed by atoms with Gasteiger partial charge >= 0.3 is 5.97 Å². The summed E-state index contributed by atoms with van der Waals surface area (Å²) < 4.78 is 37.9. The molecule has 0 spiro atoms. The highest BCUT2D eigenvalue weighted by Gasteiger charge is 2.52. The van der Waals surface area contributed by atoms with Gasteiger partial charge in [0.15, 0.2) is 12.4 Å². The average Bonchev–Trinajstić information content (AvgIpc) is 3.00. The van der Waals surface area contributed by atoms with Gasteiger partial charge in [0.25, 0.3) is 0 Å². The van der Waals surface area contributed by atoms with E-state index < -0.39 is 66.4 Å². The molecule has 238 valence electrons. The predicted octanol–water partition coefficient (Wildman–Crippen LogP) is 6.57. The normalized spacial score (nSPS) is 32.3. The van der Waals surface area contributed by atoms with E-state index in [1.54, 1.807) is 37.3 Å². The highest BCUT2D eigenvalue weighted by atomic mass is 32.2. The maximum Gasteiger partial charge on any atom is 0.338 e. The number of nitrogens with zero attached hydrogens (tertiary/aromatic N) is 6. The summed E-state index contributed by atoms with van der Waals surface area (Å²) in [6.45, 7) is 10.5. The van der Waals surface area contributed by atoms with Gasteiger partial charge in [0.1, 0.15) is 17.6 Å². The number of benzene rings is 1. The van der Waals surface area contributed by atoms with Crippen molar-refractivity contribution in [1.29, 1.82) is 0 Å². The largest absolute Gasteiger partial charge is 0.451 e. The number of hydrogen-bond donors (Lipinski definition) is 0. The fraction of sp³-hybridized carbons (Fsp3) is 0.759. The second kappa shape index (κ2) is 18.3. The van der Waals surface area contributed by atoms with Crippen LogP contribution in [0.25, 0.3) is 20.9 Å². The number of thioether (sulfide) groups is 1. The molecule has 2 fully saturated rings. The molecule has 2 aliphatic heterocycles. The maximum atomic E-state index is 13.4. The first kappa shape index (κ1) is 34.9. The van der Waals surface area contributed by atoms with Crippen molar-refractivity contribution in [1.82, 2.24) is 0 Å². The Hall–Kier alpha value is -2.54. The quantitative estimate of drug-likeness (QED) is 0.0657. The Bertz CT molecular complexity index is 1090. The topological polar surface area (TPSA) is 170 Å². The van der Waals surface area contributed by atoms with Crippen LogP contribution in [0.5, 0.6) is 0 Å². The first-order valence-electron chi connectivity index (χ1n) is 15.1. The van der Waals surface area contributed by atoms with Crippen LogP contribution in [0.1, 0.15) is 70.7 Å². The smallest absolute Gasteiger partial charge is 0.338 e. The Labute approximate surface area is 257 Å². The molecule has 0 N–H and O–H groups in total. The van der Waals surface area contributed by atoms with Crippen molar-refractivity contribution < 1.29 is 33.2 Å². The summed E-state index contributed by atoms with van der Waals surface area (Å²) in [5.74, 6) is 0.123. The molecule has 3 rings (SSSR count). The van der Waals surface area contributed by atoms with Crippen molar-refractivity contribution >= 4 is 17.7 Å². The molecule has 2 saturated heterocycles. The fourth-order valence-electron chi connectivity index (χ4n) is 5.12. The minimum absolute atomic E-state index is 0.339. The van der Waals surface area contributed by atoms with Gasteiger partial charge in [-0.25, -0.2) is 4.79 Å². The third-order valence-corrected chi connectivity index (χ3v) is 8.42. The van der Waals surface area contributed by atoms with E-state index >= 15 is 0 Å². The van der Waals surface area contributed by atoms with Gasteiger partial charge in [-0.1, -0.05) is 62.0 Å². The van der Waals surface area contributed by atoms with Gasteiger partial charge in [-0.15, -0.1) is 11.8 Å². The lowest BCUT2D eigenvalue weighted by Gasteiger charge is -2.48. The van der Waals surface area contributed by atoms with E-state index in [0.29, 0.717) is 18.8 Å². The molecule has 43 heavy (non-hydrogen) atoms. The zero-order valence-electron chi connectivity index (χ0n) is 25.6. The minimum atomic E-state index is -1.13. The molecule has 0 aliphatic carbocycles. The summed E-state index contributed by atoms with van der Waals surface area (Å²) in [6, 6.07) is 7.12. The molecule has 13 nitrogen and oxygen atoms in total. The second-order valence-electron chi connectivity index (χ2n) is 10.5. The molecule has 0 saturated carbocycles. The number of azide groups is 2. The molecule has 0 radical (unpaired) electrons. The highest BCUT2D eigenvalue weighted by Crippen LogP contribution is 2.37. The first-order valence-corrected chi connectivity index (χ1v) is 16.1. The number of ether oxygens (including phenoxy) is 6. The fourth-order valence-corrected chi connectivity index (χ4v) is 6.11. The van der Waals surface area contributed by atoms with E-state index in [1.807, 2.05) is 20.8 Å². The average molecular weight is 621 g/mol. The van der Waals surface area contributed by atoms with Crippen LogP contribution in [0.2, 0.25) is 0 Å². The zero-order chi connectivity index (χ0) is 31.2. The van der Waals surface area contributed by atoms with Gasteiger partial charge in [-0.3, -0.25) is 0 Å². The zero-order valence-corrected chi connectivity index (χ0v) is 26.4. The van der Waals surface area contributed by atoms with Gasteiger partial charge in [0.2, 0.25) is 0 Å². The summed E-state index contributed by atoms with van der Waals surface area (Å²) in [4.78, 5) is 19.4. The molecule has 10 atom stereocenters. The Balaban J connectivity index is 2.03. The molecular weight excluding hydrogens is 576 g/mol. The highest BCUT2D eigenvalue weighted by molar-refractivity contribution is 7.99. The molecule has 1 aromatic carbocycles. The summed E-state index contributed by atoms with van der Waals surface area (Å²) in [5.41, 5.74) is 18.6. The number of carbonyl (C=O) groups excluding carboxylic acids is 1. The number of rotatable bonds is 16. The third-order valence-electron chi connectivity index (χ3n) is 7.38. The van der Waals surface area contributed by atoms with Crippen molar-refractivity contribution in [3.05, 3.63) is 56.8 Å². The van der Waals surface area contributed by atoms with Crippen molar-refractivity contribution in [2.75, 3.05) is 19.0 Å². The number of hydrogen-bond acceptors (Lipinski definition) is 10. The van der Waals surface area contributed by atoms with Crippen LogP contribution in [0.4, 0.5) is 0 Å². The molecule has 2 aliphatic rings. The lowest BCUT2D eigenvalue weighted by molar-refractivity contribution is -0.312. The Morgan fingerprint density at radius 2 is 1.42 bits per heavy atom. The van der Waals surface area contributed by atoms with Gasteiger partial charge in [-0.05, 0) is 55.6 Å². The Morgan fingerprint density at radius 1 is 0.860 bits per heavy atom. The van der Waals surface area contributed by atoms with Crippen molar-refractivity contribution in [2.24, 2.45) is 10.2 Å². The monoisotopic (exact) mass is 620 g/mol. The van der Waals surface area contributed by atoms with Crippen molar-refractivity contribution in [3.8, 4) is 0 Å². The molecule has 1 aromatic rings. The van der Waals surface area contributed by atoms with Crippen LogP contribution in [0.3, 0.4) is 0 Å². The molecule has 0 amide bonds. The molecule has 2 heterocycles. The molecule has 14 heteroatoms. The van der Waals surface area contributed by atoms with E-state index in [0.717, 1.165) is 31.4 Å². The predicted molar refractivity (Wildman–Crippen MR) is 162 cm³/mol. The van der Waals surface area contributed by atoms with Gasteiger partial charge in [0.05, 0.1) is 36.0 Å². The SMILES string of the molecule is CCCCOC1[C@H](N=[N+]=[N-])C(C)O[C@H](O[C@@H]2C(OCCCC)[C@H](N=[N+]=[N-])C(C)O[C@@H]2SCC)[C@@H]1OC(=O)c1ccccc1. The number of esters is 1. The van der Waals surface area contributed by atoms with Crippen LogP contribution < -0.4 is 0 Å². The molecular formula is C29H44N6O7S. The van der Waals surface area contributed by atoms with Gasteiger partial charge in [-0.2, -0.15) is 0 Å². The van der Waals surface area contributed by atoms with Gasteiger partial charge in [0, 0.05) is 23.0 Å². The van der Waals surface area contributed by atoms with E-state index in [9.17, 15) is 15.9 Å². The third kappa shape index (κ3) is 9.47. The number of carbonyl (C=O) groups is 1. The Kier molecular flexibility index (Phi) is 14.9. The first-order chi connectivity index (χ1) is 20.9. The van der Waals surface area contributed by atoms with E-state index in [1.165, 1.54) is 11.8 Å². The molecule has 0 bridgehead atoms. The van der Waals surface area contributed by atoms with E-state index in [-0.39, 0.29) is 0 Å². The standard InChI is InChI=1S/C29H44N6O7S/c1-6-9-16-37-23-21(32-34-30)18(4)39-28(25(23)41-27(36)20-14-12-11-13-15-20)42-26-24(38-17-10-7-2)22(33-35-31)19(5)40-29(26)43-8-3/h11-15,18-19,21-26,28-29H,6-10,16-17H2,1-5H3/t18?,19?,21-,22-,23?,24?,25-,26-,28-,29-/m1/s1. The van der Waals surface area contributed by atoms with Crippen molar-refractivity contribution in [3.63, 3.8) is 0 Å². The summed E-state index contributed by atoms with van der Waals surface area (Å²) >= 11 is 1.53. The van der Waals surface area contributed by atoms with Crippen LogP contribution in [0, 0.1) is 0 Å². The maximum absolute atomic E-state index is 13.4. The summed E-state index contributed by atoms with van der Waals surface area (Å²) in [7, 11) is 0. The van der Waals surface area contributed by atoms with Crippen LogP contribution >= 0.6 is 11.8 Å². The van der Waals surface area contributed by atoms with Crippen molar-refractivity contribution in [2.45, 2.75) is 121 Å². The van der Waals surface area contributed by atoms with Gasteiger partial charge < -0.3 is 28.4 Å². The van der Waals surface area contributed by atoms with E-state index in [4.69, 9.17) is 28.4 Å². The molecule has 0 aromatic heterocycles. The lowest BCUT2D eigenvalue weighted by atomic mass is 9.95. The van der Waals surface area contributed by atoms with Crippen LogP contribution in [-0.2, 0) is 28.4 Å². The van der Waals surface area contributed by atoms with Crippen LogP contribution in [-0.4, -0.2) is 85.4 Å². The summed E-state index contributed by atoms with van der Waals surface area (Å²) in [6.07, 6.45) is -2.19. The Morgan fingerprint density at radius 3 is 1.95 bits per heavy atom. The van der Waals surface area contributed by atoms with E-state index in [2.05, 4.69) is 27.0 Å². The van der Waals surface area contributed by atoms with Crippen LogP contribution in [0.15, 0.2) is 40.6 Å². The number of unbranched alkanes of at least 4 members (excludes halogenated alkanes) is 2. The minimum Gasteiger partial charge on any atom is -0.451 e. The molecule has 4 unspecified atom stereocenters. The lowest BCUT2D eigenvalue weighted by Crippen LogP contribution is -2.63.